The van der Waals surface area contributed by atoms with Crippen LogP contribution in [0.15, 0.2) is 34.9 Å². The van der Waals surface area contributed by atoms with Gasteiger partial charge in [0.15, 0.2) is 5.78 Å². The van der Waals surface area contributed by atoms with E-state index in [0.717, 1.165) is 21.4 Å². The van der Waals surface area contributed by atoms with Gasteiger partial charge in [-0.1, -0.05) is 22.5 Å². The van der Waals surface area contributed by atoms with E-state index in [0.29, 0.717) is 12.8 Å². The molecule has 0 aliphatic carbocycles. The Morgan fingerprint density at radius 1 is 1.36 bits per heavy atom. The Labute approximate surface area is 91.1 Å². The Kier molecular flexibility index (Phi) is 2.42. The first kappa shape index (κ1) is 9.46. The third-order valence-corrected chi connectivity index (χ3v) is 2.74. The third-order valence-electron chi connectivity index (χ3n) is 2.25. The van der Waals surface area contributed by atoms with Crippen molar-refractivity contribution in [2.45, 2.75) is 12.8 Å². The third kappa shape index (κ3) is 1.73. The van der Waals surface area contributed by atoms with E-state index in [1.54, 1.807) is 0 Å². The molecular formula is C11H10BrNO. The first-order valence-corrected chi connectivity index (χ1v) is 5.23. The molecule has 1 aromatic rings. The summed E-state index contributed by atoms with van der Waals surface area (Å²) in [7, 11) is 0. The minimum Gasteiger partial charge on any atom is -0.359 e. The molecule has 0 amide bonds. The van der Waals surface area contributed by atoms with Crippen LogP contribution < -0.4 is 5.32 Å². The van der Waals surface area contributed by atoms with Gasteiger partial charge in [-0.15, -0.1) is 0 Å². The summed E-state index contributed by atoms with van der Waals surface area (Å²) in [6.45, 7) is 3.85. The van der Waals surface area contributed by atoms with Crippen LogP contribution in [0.25, 0.3) is 0 Å². The van der Waals surface area contributed by atoms with Crippen molar-refractivity contribution < 1.29 is 4.79 Å². The highest BCUT2D eigenvalue weighted by Crippen LogP contribution is 2.27. The predicted molar refractivity (Wildman–Crippen MR) is 60.5 cm³/mol. The molecule has 3 heteroatoms. The number of anilines is 1. The second-order valence-corrected chi connectivity index (χ2v) is 4.26. The number of hydrogen-bond acceptors (Lipinski definition) is 2. The van der Waals surface area contributed by atoms with Crippen LogP contribution in [0.1, 0.15) is 23.2 Å². The Morgan fingerprint density at radius 2 is 2.14 bits per heavy atom. The fourth-order valence-corrected chi connectivity index (χ4v) is 1.87. The largest absolute Gasteiger partial charge is 0.359 e. The van der Waals surface area contributed by atoms with Gasteiger partial charge in [0.25, 0.3) is 0 Å². The van der Waals surface area contributed by atoms with E-state index in [1.807, 2.05) is 18.2 Å². The molecule has 1 aliphatic rings. The van der Waals surface area contributed by atoms with Gasteiger partial charge in [-0.3, -0.25) is 4.79 Å². The second kappa shape index (κ2) is 3.58. The summed E-state index contributed by atoms with van der Waals surface area (Å²) in [6, 6.07) is 5.66. The van der Waals surface area contributed by atoms with Crippen molar-refractivity contribution in [3.8, 4) is 0 Å². The van der Waals surface area contributed by atoms with Crippen molar-refractivity contribution in [1.29, 1.82) is 0 Å². The number of carbonyl (C=O) groups is 1. The smallest absolute Gasteiger partial charge is 0.165 e. The summed E-state index contributed by atoms with van der Waals surface area (Å²) in [5.41, 5.74) is 2.51. The van der Waals surface area contributed by atoms with Crippen LogP contribution in [0, 0.1) is 0 Å². The van der Waals surface area contributed by atoms with Crippen LogP contribution in [0.2, 0.25) is 0 Å². The van der Waals surface area contributed by atoms with Crippen molar-refractivity contribution in [3.63, 3.8) is 0 Å². The molecule has 0 spiro atoms. The molecule has 0 atom stereocenters. The molecule has 0 radical (unpaired) electrons. The number of benzene rings is 1. The molecule has 72 valence electrons. The van der Waals surface area contributed by atoms with Crippen LogP contribution in [0.5, 0.6) is 0 Å². The maximum Gasteiger partial charge on any atom is 0.165 e. The molecule has 2 rings (SSSR count). The van der Waals surface area contributed by atoms with E-state index in [9.17, 15) is 4.79 Å². The molecule has 0 saturated carbocycles. The molecule has 0 fully saturated rings. The van der Waals surface area contributed by atoms with Crippen LogP contribution in [-0.4, -0.2) is 5.78 Å². The van der Waals surface area contributed by atoms with E-state index < -0.39 is 0 Å². The molecular weight excluding hydrogens is 242 g/mol. The first-order chi connectivity index (χ1) is 6.66. The SMILES string of the molecule is C=C1CCC(=O)c2cc(Br)ccc2N1. The summed E-state index contributed by atoms with van der Waals surface area (Å²) in [5, 5.41) is 3.14. The number of ketones is 1. The van der Waals surface area contributed by atoms with Gasteiger partial charge >= 0.3 is 0 Å². The monoisotopic (exact) mass is 251 g/mol. The zero-order valence-corrected chi connectivity index (χ0v) is 9.23. The van der Waals surface area contributed by atoms with Crippen LogP contribution in [0.4, 0.5) is 5.69 Å². The number of allylic oxidation sites excluding steroid dienone is 1. The highest BCUT2D eigenvalue weighted by atomic mass is 79.9. The van der Waals surface area contributed by atoms with Crippen molar-refractivity contribution in [2.24, 2.45) is 0 Å². The van der Waals surface area contributed by atoms with E-state index in [2.05, 4.69) is 27.8 Å². The molecule has 0 saturated heterocycles. The van der Waals surface area contributed by atoms with Crippen molar-refractivity contribution >= 4 is 27.4 Å². The van der Waals surface area contributed by atoms with Gasteiger partial charge in [-0.05, 0) is 24.6 Å². The first-order valence-electron chi connectivity index (χ1n) is 4.44. The number of hydrogen-bond donors (Lipinski definition) is 1. The van der Waals surface area contributed by atoms with E-state index in [4.69, 9.17) is 0 Å². The minimum atomic E-state index is 0.174. The quantitative estimate of drug-likeness (QED) is 0.767. The lowest BCUT2D eigenvalue weighted by Crippen LogP contribution is -1.98. The predicted octanol–water partition coefficient (Wildman–Crippen LogP) is 3.35. The minimum absolute atomic E-state index is 0.174. The van der Waals surface area contributed by atoms with E-state index >= 15 is 0 Å². The standard InChI is InChI=1S/C11H10BrNO/c1-7-2-5-11(14)9-6-8(12)3-4-10(9)13-7/h3-4,6,13H,1-2,5H2. The molecule has 0 bridgehead atoms. The Bertz CT molecular complexity index is 412. The summed E-state index contributed by atoms with van der Waals surface area (Å²) in [4.78, 5) is 11.7. The molecule has 14 heavy (non-hydrogen) atoms. The topological polar surface area (TPSA) is 29.1 Å². The maximum atomic E-state index is 11.7. The molecule has 2 nitrogen and oxygen atoms in total. The van der Waals surface area contributed by atoms with Gasteiger partial charge in [0.05, 0.1) is 0 Å². The van der Waals surface area contributed by atoms with Crippen molar-refractivity contribution in [2.75, 3.05) is 5.32 Å². The Balaban J connectivity index is 2.52. The average Bonchev–Trinajstić information content (AvgIpc) is 2.29. The second-order valence-electron chi connectivity index (χ2n) is 3.34. The number of carbonyl (C=O) groups excluding carboxylic acids is 1. The fourth-order valence-electron chi connectivity index (χ4n) is 1.51. The Hall–Kier alpha value is -1.09. The van der Waals surface area contributed by atoms with Crippen molar-refractivity contribution in [3.05, 3.63) is 40.5 Å². The van der Waals surface area contributed by atoms with E-state index in [1.165, 1.54) is 0 Å². The summed E-state index contributed by atoms with van der Waals surface area (Å²) in [5.74, 6) is 0.174. The van der Waals surface area contributed by atoms with Gasteiger partial charge in [0, 0.05) is 27.8 Å². The maximum absolute atomic E-state index is 11.7. The highest BCUT2D eigenvalue weighted by molar-refractivity contribution is 9.10. The molecule has 1 aliphatic heterocycles. The fraction of sp³-hybridized carbons (Fsp3) is 0.182. The zero-order valence-electron chi connectivity index (χ0n) is 7.64. The van der Waals surface area contributed by atoms with Crippen LogP contribution in [-0.2, 0) is 0 Å². The summed E-state index contributed by atoms with van der Waals surface area (Å²) < 4.78 is 0.930. The van der Waals surface area contributed by atoms with Crippen molar-refractivity contribution in [1.82, 2.24) is 0 Å². The summed E-state index contributed by atoms with van der Waals surface area (Å²) in [6.07, 6.45) is 1.25. The van der Waals surface area contributed by atoms with Crippen LogP contribution in [0.3, 0.4) is 0 Å². The number of Topliss-reactive ketones (excluding diaryl/α,β-unsaturated/α-hetero) is 1. The molecule has 1 N–H and O–H groups in total. The molecule has 1 aromatic carbocycles. The Morgan fingerprint density at radius 3 is 2.93 bits per heavy atom. The van der Waals surface area contributed by atoms with Gasteiger partial charge in [-0.2, -0.15) is 0 Å². The normalized spacial score (nSPS) is 15.8. The van der Waals surface area contributed by atoms with Crippen LogP contribution >= 0.6 is 15.9 Å². The summed E-state index contributed by atoms with van der Waals surface area (Å²) >= 11 is 3.36. The lowest BCUT2D eigenvalue weighted by Gasteiger charge is -2.07. The number of halogens is 1. The van der Waals surface area contributed by atoms with Gasteiger partial charge in [-0.25, -0.2) is 0 Å². The number of nitrogens with one attached hydrogen (secondary N) is 1. The zero-order chi connectivity index (χ0) is 10.1. The van der Waals surface area contributed by atoms with Gasteiger partial charge in [0.1, 0.15) is 0 Å². The molecule has 0 unspecified atom stereocenters. The number of fused-ring (bicyclic) bond motifs is 1. The molecule has 1 heterocycles. The van der Waals surface area contributed by atoms with Gasteiger partial charge < -0.3 is 5.32 Å². The van der Waals surface area contributed by atoms with Gasteiger partial charge in [0.2, 0.25) is 0 Å². The van der Waals surface area contributed by atoms with E-state index in [-0.39, 0.29) is 5.78 Å². The lowest BCUT2D eigenvalue weighted by molar-refractivity contribution is 0.0985. The molecule has 0 aromatic heterocycles. The number of rotatable bonds is 0. The highest BCUT2D eigenvalue weighted by Gasteiger charge is 2.16. The lowest BCUT2D eigenvalue weighted by atomic mass is 10.1. The average molecular weight is 252 g/mol.